The van der Waals surface area contributed by atoms with Crippen LogP contribution >= 0.6 is 22.6 Å². The normalized spacial score (nSPS) is 10.1. The Kier molecular flexibility index (Phi) is 5.40. The second kappa shape index (κ2) is 7.28. The van der Waals surface area contributed by atoms with Crippen LogP contribution in [-0.2, 0) is 17.8 Å². The number of carbonyl (C=O) groups is 1. The van der Waals surface area contributed by atoms with Gasteiger partial charge in [-0.2, -0.15) is 0 Å². The molecule has 104 valence electrons. The highest BCUT2D eigenvalue weighted by molar-refractivity contribution is 14.1. The van der Waals surface area contributed by atoms with E-state index in [2.05, 4.69) is 34.8 Å². The standard InChI is InChI=1S/C16H16INO2/c1-2-13-8-9-14(10-15(13)17)18-16(19)20-11-12-6-4-3-5-7-12/h3-10H,2,11H2,1H3,(H,18,19). The van der Waals surface area contributed by atoms with Crippen molar-refractivity contribution in [2.24, 2.45) is 0 Å². The Bertz CT molecular complexity index is 584. The van der Waals surface area contributed by atoms with Crippen LogP contribution in [0.2, 0.25) is 0 Å². The number of carbonyl (C=O) groups excluding carboxylic acids is 1. The topological polar surface area (TPSA) is 38.3 Å². The number of nitrogens with one attached hydrogen (secondary N) is 1. The van der Waals surface area contributed by atoms with Gasteiger partial charge < -0.3 is 4.74 Å². The summed E-state index contributed by atoms with van der Waals surface area (Å²) in [7, 11) is 0. The van der Waals surface area contributed by atoms with E-state index in [9.17, 15) is 4.79 Å². The summed E-state index contributed by atoms with van der Waals surface area (Å²) >= 11 is 2.27. The minimum atomic E-state index is -0.436. The Morgan fingerprint density at radius 2 is 1.95 bits per heavy atom. The number of benzene rings is 2. The molecule has 0 bridgehead atoms. The maximum atomic E-state index is 11.7. The van der Waals surface area contributed by atoms with Gasteiger partial charge in [0, 0.05) is 9.26 Å². The van der Waals surface area contributed by atoms with Gasteiger partial charge in [-0.15, -0.1) is 0 Å². The number of hydrogen-bond donors (Lipinski definition) is 1. The minimum Gasteiger partial charge on any atom is -0.444 e. The first-order valence-corrected chi connectivity index (χ1v) is 7.53. The SMILES string of the molecule is CCc1ccc(NC(=O)OCc2ccccc2)cc1I. The zero-order valence-electron chi connectivity index (χ0n) is 11.2. The highest BCUT2D eigenvalue weighted by Crippen LogP contribution is 2.18. The lowest BCUT2D eigenvalue weighted by atomic mass is 10.1. The monoisotopic (exact) mass is 381 g/mol. The second-order valence-electron chi connectivity index (χ2n) is 4.35. The molecule has 0 aliphatic heterocycles. The second-order valence-corrected chi connectivity index (χ2v) is 5.51. The molecule has 0 saturated heterocycles. The quantitative estimate of drug-likeness (QED) is 0.786. The lowest BCUT2D eigenvalue weighted by molar-refractivity contribution is 0.155. The fourth-order valence-electron chi connectivity index (χ4n) is 1.79. The molecule has 0 atom stereocenters. The molecule has 0 spiro atoms. The molecule has 0 saturated carbocycles. The summed E-state index contributed by atoms with van der Waals surface area (Å²) in [4.78, 5) is 11.7. The Morgan fingerprint density at radius 3 is 2.60 bits per heavy atom. The summed E-state index contributed by atoms with van der Waals surface area (Å²) in [5, 5.41) is 2.74. The van der Waals surface area contributed by atoms with E-state index in [1.54, 1.807) is 0 Å². The van der Waals surface area contributed by atoms with Gasteiger partial charge in [0.1, 0.15) is 6.61 Å². The summed E-state index contributed by atoms with van der Waals surface area (Å²) in [6.07, 6.45) is 0.547. The highest BCUT2D eigenvalue weighted by atomic mass is 127. The fraction of sp³-hybridized carbons (Fsp3) is 0.188. The molecule has 1 amide bonds. The van der Waals surface area contributed by atoms with Gasteiger partial charge in [0.05, 0.1) is 0 Å². The van der Waals surface area contributed by atoms with E-state index in [1.165, 1.54) is 5.56 Å². The number of ether oxygens (including phenoxy) is 1. The van der Waals surface area contributed by atoms with Crippen molar-refractivity contribution < 1.29 is 9.53 Å². The molecule has 2 aromatic rings. The third-order valence-corrected chi connectivity index (χ3v) is 3.90. The molecular formula is C16H16INO2. The average molecular weight is 381 g/mol. The van der Waals surface area contributed by atoms with Crippen molar-refractivity contribution in [2.45, 2.75) is 20.0 Å². The molecule has 0 heterocycles. The zero-order valence-corrected chi connectivity index (χ0v) is 13.4. The van der Waals surface area contributed by atoms with Crippen molar-refractivity contribution in [1.82, 2.24) is 0 Å². The van der Waals surface area contributed by atoms with Gasteiger partial charge in [0.15, 0.2) is 0 Å². The number of anilines is 1. The number of halogens is 1. The molecule has 0 unspecified atom stereocenters. The molecule has 3 nitrogen and oxygen atoms in total. The van der Waals surface area contributed by atoms with Crippen molar-refractivity contribution in [1.29, 1.82) is 0 Å². The minimum absolute atomic E-state index is 0.275. The van der Waals surface area contributed by atoms with Gasteiger partial charge in [-0.3, -0.25) is 5.32 Å². The van der Waals surface area contributed by atoms with Crippen molar-refractivity contribution in [3.05, 3.63) is 63.2 Å². The predicted molar refractivity (Wildman–Crippen MR) is 88.8 cm³/mol. The van der Waals surface area contributed by atoms with Crippen molar-refractivity contribution in [3.8, 4) is 0 Å². The van der Waals surface area contributed by atoms with Gasteiger partial charge in [-0.1, -0.05) is 43.3 Å². The lowest BCUT2D eigenvalue weighted by Gasteiger charge is -2.09. The zero-order chi connectivity index (χ0) is 14.4. The van der Waals surface area contributed by atoms with Gasteiger partial charge in [-0.05, 0) is 52.3 Å². The first-order chi connectivity index (χ1) is 9.69. The van der Waals surface area contributed by atoms with Crippen LogP contribution in [0.5, 0.6) is 0 Å². The summed E-state index contributed by atoms with van der Waals surface area (Å²) in [6.45, 7) is 2.38. The average Bonchev–Trinajstić information content (AvgIpc) is 2.46. The van der Waals surface area contributed by atoms with Crippen LogP contribution < -0.4 is 5.32 Å². The van der Waals surface area contributed by atoms with Crippen LogP contribution in [0.15, 0.2) is 48.5 Å². The Hall–Kier alpha value is -1.56. The van der Waals surface area contributed by atoms with E-state index in [0.29, 0.717) is 0 Å². The molecule has 0 aromatic heterocycles. The van der Waals surface area contributed by atoms with Crippen LogP contribution in [0.25, 0.3) is 0 Å². The number of aryl methyl sites for hydroxylation is 1. The first-order valence-electron chi connectivity index (χ1n) is 6.45. The fourth-order valence-corrected chi connectivity index (χ4v) is 2.69. The number of amides is 1. The number of hydrogen-bond acceptors (Lipinski definition) is 2. The largest absolute Gasteiger partial charge is 0.444 e. The van der Waals surface area contributed by atoms with E-state index >= 15 is 0 Å². The third-order valence-electron chi connectivity index (χ3n) is 2.89. The van der Waals surface area contributed by atoms with Crippen LogP contribution in [0.3, 0.4) is 0 Å². The van der Waals surface area contributed by atoms with Crippen molar-refractivity contribution >= 4 is 34.4 Å². The van der Waals surface area contributed by atoms with Crippen LogP contribution in [0.1, 0.15) is 18.1 Å². The molecule has 2 aromatic carbocycles. The summed E-state index contributed by atoms with van der Waals surface area (Å²) in [6, 6.07) is 15.5. The Balaban J connectivity index is 1.90. The van der Waals surface area contributed by atoms with E-state index < -0.39 is 6.09 Å². The van der Waals surface area contributed by atoms with Crippen molar-refractivity contribution in [2.75, 3.05) is 5.32 Å². The smallest absolute Gasteiger partial charge is 0.411 e. The third kappa shape index (κ3) is 4.23. The van der Waals surface area contributed by atoms with E-state index in [4.69, 9.17) is 4.74 Å². The van der Waals surface area contributed by atoms with Gasteiger partial charge in [0.2, 0.25) is 0 Å². The predicted octanol–water partition coefficient (Wildman–Crippen LogP) is 4.60. The summed E-state index contributed by atoms with van der Waals surface area (Å²) < 4.78 is 6.32. The Morgan fingerprint density at radius 1 is 1.20 bits per heavy atom. The van der Waals surface area contributed by atoms with E-state index in [1.807, 2.05) is 48.5 Å². The van der Waals surface area contributed by atoms with Gasteiger partial charge in [-0.25, -0.2) is 4.79 Å². The van der Waals surface area contributed by atoms with Crippen LogP contribution in [0.4, 0.5) is 10.5 Å². The van der Waals surface area contributed by atoms with E-state index in [-0.39, 0.29) is 6.61 Å². The van der Waals surface area contributed by atoms with Gasteiger partial charge in [0.25, 0.3) is 0 Å². The molecule has 4 heteroatoms. The number of rotatable bonds is 4. The molecule has 2 rings (SSSR count). The molecular weight excluding hydrogens is 365 g/mol. The van der Waals surface area contributed by atoms with Crippen LogP contribution in [0, 0.1) is 3.57 Å². The molecule has 1 N–H and O–H groups in total. The molecule has 0 aliphatic rings. The molecule has 0 radical (unpaired) electrons. The maximum absolute atomic E-state index is 11.7. The first kappa shape index (κ1) is 14.8. The summed E-state index contributed by atoms with van der Waals surface area (Å²) in [5.74, 6) is 0. The van der Waals surface area contributed by atoms with Gasteiger partial charge >= 0.3 is 6.09 Å². The maximum Gasteiger partial charge on any atom is 0.411 e. The van der Waals surface area contributed by atoms with Crippen molar-refractivity contribution in [3.63, 3.8) is 0 Å². The molecule has 20 heavy (non-hydrogen) atoms. The van der Waals surface area contributed by atoms with E-state index in [0.717, 1.165) is 21.2 Å². The summed E-state index contributed by atoms with van der Waals surface area (Å²) in [5.41, 5.74) is 3.00. The molecule has 0 fully saturated rings. The molecule has 0 aliphatic carbocycles. The lowest BCUT2D eigenvalue weighted by Crippen LogP contribution is -2.13. The highest BCUT2D eigenvalue weighted by Gasteiger charge is 2.05. The Labute approximate surface area is 132 Å². The van der Waals surface area contributed by atoms with Crippen LogP contribution in [-0.4, -0.2) is 6.09 Å².